The fraction of sp³-hybridized carbons (Fsp3) is 0.688. The van der Waals surface area contributed by atoms with Gasteiger partial charge in [0.05, 0.1) is 19.1 Å². The smallest absolute Gasteiger partial charge is 0.227 e. The van der Waals surface area contributed by atoms with E-state index in [9.17, 15) is 4.79 Å². The Bertz CT molecular complexity index is 472. The van der Waals surface area contributed by atoms with Crippen LogP contribution in [-0.4, -0.2) is 50.3 Å². The Morgan fingerprint density at radius 3 is 3.29 bits per heavy atom. The first-order valence-electron chi connectivity index (χ1n) is 7.64. The standard InChI is InChI=1S/C16H23NO3S/c1-19-12-16-6-3-8-20-14(16)5-7-17(11-16)15(18)10-13-4-2-9-21-13/h2,4,9,14H,3,5-8,10-12H2,1H3/t14-,16-/m1/s1. The monoisotopic (exact) mass is 309 g/mol. The van der Waals surface area contributed by atoms with Crippen molar-refractivity contribution in [2.45, 2.75) is 31.8 Å². The maximum Gasteiger partial charge on any atom is 0.227 e. The van der Waals surface area contributed by atoms with Gasteiger partial charge < -0.3 is 14.4 Å². The number of methoxy groups -OCH3 is 1. The quantitative estimate of drug-likeness (QED) is 0.857. The zero-order valence-electron chi connectivity index (χ0n) is 12.5. The van der Waals surface area contributed by atoms with Gasteiger partial charge in [0, 0.05) is 37.1 Å². The van der Waals surface area contributed by atoms with E-state index in [-0.39, 0.29) is 17.4 Å². The highest BCUT2D eigenvalue weighted by atomic mass is 32.1. The number of fused-ring (bicyclic) bond motifs is 1. The molecule has 0 aromatic carbocycles. The number of likely N-dealkylation sites (tertiary alicyclic amines) is 1. The summed E-state index contributed by atoms with van der Waals surface area (Å²) in [5.41, 5.74) is -0.00361. The molecule has 0 spiro atoms. The molecule has 0 unspecified atom stereocenters. The van der Waals surface area contributed by atoms with Crippen LogP contribution in [0.3, 0.4) is 0 Å². The first kappa shape index (κ1) is 15.0. The molecule has 2 atom stereocenters. The molecule has 1 aromatic rings. The fourth-order valence-electron chi connectivity index (χ4n) is 3.68. The highest BCUT2D eigenvalue weighted by Gasteiger charge is 2.46. The molecule has 1 aromatic heterocycles. The molecular formula is C16H23NO3S. The van der Waals surface area contributed by atoms with E-state index in [0.29, 0.717) is 13.0 Å². The van der Waals surface area contributed by atoms with Crippen molar-refractivity contribution in [1.29, 1.82) is 0 Å². The molecule has 4 nitrogen and oxygen atoms in total. The molecule has 3 heterocycles. The van der Waals surface area contributed by atoms with Gasteiger partial charge in [0.15, 0.2) is 0 Å². The Balaban J connectivity index is 1.69. The van der Waals surface area contributed by atoms with E-state index in [2.05, 4.69) is 0 Å². The maximum absolute atomic E-state index is 12.5. The van der Waals surface area contributed by atoms with Crippen LogP contribution in [-0.2, 0) is 20.7 Å². The summed E-state index contributed by atoms with van der Waals surface area (Å²) in [7, 11) is 1.74. The lowest BCUT2D eigenvalue weighted by Crippen LogP contribution is -2.58. The second-order valence-corrected chi connectivity index (χ2v) is 7.15. The zero-order valence-corrected chi connectivity index (χ0v) is 13.4. The molecule has 1 amide bonds. The van der Waals surface area contributed by atoms with E-state index in [1.807, 2.05) is 22.4 Å². The lowest BCUT2D eigenvalue weighted by atomic mass is 9.73. The van der Waals surface area contributed by atoms with Gasteiger partial charge in [-0.05, 0) is 30.7 Å². The van der Waals surface area contributed by atoms with Crippen molar-refractivity contribution in [2.75, 3.05) is 33.4 Å². The number of hydrogen-bond acceptors (Lipinski definition) is 4. The van der Waals surface area contributed by atoms with Crippen molar-refractivity contribution in [3.05, 3.63) is 22.4 Å². The number of piperidine rings is 1. The van der Waals surface area contributed by atoms with Crippen molar-refractivity contribution in [3.8, 4) is 0 Å². The van der Waals surface area contributed by atoms with Gasteiger partial charge in [-0.1, -0.05) is 6.07 Å². The molecule has 21 heavy (non-hydrogen) atoms. The summed E-state index contributed by atoms with van der Waals surface area (Å²) in [5, 5.41) is 2.02. The number of carbonyl (C=O) groups excluding carboxylic acids is 1. The average molecular weight is 309 g/mol. The van der Waals surface area contributed by atoms with Crippen LogP contribution in [0.1, 0.15) is 24.1 Å². The second-order valence-electron chi connectivity index (χ2n) is 6.12. The van der Waals surface area contributed by atoms with Crippen LogP contribution in [0.4, 0.5) is 0 Å². The predicted molar refractivity (Wildman–Crippen MR) is 82.5 cm³/mol. The number of carbonyl (C=O) groups is 1. The summed E-state index contributed by atoms with van der Waals surface area (Å²) >= 11 is 1.65. The third-order valence-corrected chi connectivity index (χ3v) is 5.55. The van der Waals surface area contributed by atoms with Crippen molar-refractivity contribution in [1.82, 2.24) is 4.90 Å². The number of hydrogen-bond donors (Lipinski definition) is 0. The van der Waals surface area contributed by atoms with Crippen molar-refractivity contribution in [3.63, 3.8) is 0 Å². The Morgan fingerprint density at radius 1 is 1.62 bits per heavy atom. The lowest BCUT2D eigenvalue weighted by Gasteiger charge is -2.50. The minimum Gasteiger partial charge on any atom is -0.384 e. The van der Waals surface area contributed by atoms with Crippen molar-refractivity contribution < 1.29 is 14.3 Å². The van der Waals surface area contributed by atoms with Gasteiger partial charge in [-0.15, -0.1) is 11.3 Å². The van der Waals surface area contributed by atoms with Crippen LogP contribution < -0.4 is 0 Å². The fourth-order valence-corrected chi connectivity index (χ4v) is 4.37. The van der Waals surface area contributed by atoms with Gasteiger partial charge in [-0.25, -0.2) is 0 Å². The van der Waals surface area contributed by atoms with Crippen LogP contribution >= 0.6 is 11.3 Å². The van der Waals surface area contributed by atoms with Crippen molar-refractivity contribution >= 4 is 17.2 Å². The third kappa shape index (κ3) is 3.15. The molecule has 0 bridgehead atoms. The highest BCUT2D eigenvalue weighted by molar-refractivity contribution is 7.10. The van der Waals surface area contributed by atoms with Crippen LogP contribution in [0.5, 0.6) is 0 Å². The van der Waals surface area contributed by atoms with Crippen LogP contribution in [0.2, 0.25) is 0 Å². The number of ether oxygens (including phenoxy) is 2. The molecule has 2 fully saturated rings. The summed E-state index contributed by atoms with van der Waals surface area (Å²) < 4.78 is 11.4. The average Bonchev–Trinajstić information content (AvgIpc) is 2.99. The van der Waals surface area contributed by atoms with Crippen LogP contribution in [0.15, 0.2) is 17.5 Å². The molecule has 3 rings (SSSR count). The molecule has 2 aliphatic heterocycles. The molecule has 0 N–H and O–H groups in total. The SMILES string of the molecule is COC[C@]12CCCO[C@@H]1CCN(C(=O)Cc1cccs1)C2. The minimum atomic E-state index is -0.00361. The Morgan fingerprint density at radius 2 is 2.52 bits per heavy atom. The molecule has 0 radical (unpaired) electrons. The molecular weight excluding hydrogens is 286 g/mol. The summed E-state index contributed by atoms with van der Waals surface area (Å²) in [4.78, 5) is 15.7. The molecule has 2 aliphatic rings. The van der Waals surface area contributed by atoms with E-state index >= 15 is 0 Å². The first-order chi connectivity index (χ1) is 10.2. The van der Waals surface area contributed by atoms with Gasteiger partial charge in [-0.2, -0.15) is 0 Å². The maximum atomic E-state index is 12.5. The third-order valence-electron chi connectivity index (χ3n) is 4.68. The summed E-state index contributed by atoms with van der Waals surface area (Å²) in [5.74, 6) is 0.233. The Labute approximate surface area is 130 Å². The van der Waals surface area contributed by atoms with Gasteiger partial charge in [-0.3, -0.25) is 4.79 Å². The summed E-state index contributed by atoms with van der Waals surface area (Å²) in [6.07, 6.45) is 3.85. The number of rotatable bonds is 4. The normalized spacial score (nSPS) is 29.2. The van der Waals surface area contributed by atoms with Crippen LogP contribution in [0.25, 0.3) is 0 Å². The lowest BCUT2D eigenvalue weighted by molar-refractivity contribution is -0.161. The van der Waals surface area contributed by atoms with Crippen molar-refractivity contribution in [2.24, 2.45) is 5.41 Å². The second kappa shape index (κ2) is 6.46. The topological polar surface area (TPSA) is 38.8 Å². The number of nitrogens with zero attached hydrogens (tertiary/aromatic N) is 1. The van der Waals surface area contributed by atoms with E-state index in [1.165, 1.54) is 0 Å². The summed E-state index contributed by atoms with van der Waals surface area (Å²) in [6.45, 7) is 3.11. The van der Waals surface area contributed by atoms with E-state index in [0.717, 1.165) is 43.8 Å². The van der Waals surface area contributed by atoms with Crippen LogP contribution in [0, 0.1) is 5.41 Å². The Kier molecular flexibility index (Phi) is 4.62. The van der Waals surface area contributed by atoms with E-state index < -0.39 is 0 Å². The van der Waals surface area contributed by atoms with Gasteiger partial charge in [0.2, 0.25) is 5.91 Å². The van der Waals surface area contributed by atoms with E-state index in [4.69, 9.17) is 9.47 Å². The zero-order chi connectivity index (χ0) is 14.7. The number of amides is 1. The predicted octanol–water partition coefficient (Wildman–Crippen LogP) is 2.33. The van der Waals surface area contributed by atoms with Gasteiger partial charge >= 0.3 is 0 Å². The summed E-state index contributed by atoms with van der Waals surface area (Å²) in [6, 6.07) is 4.03. The van der Waals surface area contributed by atoms with Gasteiger partial charge in [0.1, 0.15) is 0 Å². The van der Waals surface area contributed by atoms with E-state index in [1.54, 1.807) is 18.4 Å². The first-order valence-corrected chi connectivity index (χ1v) is 8.52. The number of thiophene rings is 1. The minimum absolute atomic E-state index is 0.00361. The Hall–Kier alpha value is -0.910. The molecule has 5 heteroatoms. The molecule has 2 saturated heterocycles. The molecule has 116 valence electrons. The molecule has 0 aliphatic carbocycles. The highest BCUT2D eigenvalue weighted by Crippen LogP contribution is 2.40. The van der Waals surface area contributed by atoms with Gasteiger partial charge in [0.25, 0.3) is 0 Å². The largest absolute Gasteiger partial charge is 0.384 e. The molecule has 0 saturated carbocycles.